The minimum Gasteiger partial charge on any atom is -0.497 e. The molecule has 128 valence electrons. The second-order valence-electron chi connectivity index (χ2n) is 6.12. The quantitative estimate of drug-likeness (QED) is 0.560. The van der Waals surface area contributed by atoms with Crippen molar-refractivity contribution >= 4 is 10.9 Å². The molecule has 0 aliphatic heterocycles. The minimum atomic E-state index is -0.0137. The lowest BCUT2D eigenvalue weighted by Crippen LogP contribution is -2.19. The number of rotatable bonds is 4. The first-order chi connectivity index (χ1) is 12.7. The van der Waals surface area contributed by atoms with E-state index in [0.29, 0.717) is 6.54 Å². The average Bonchev–Trinajstić information content (AvgIpc) is 2.71. The first kappa shape index (κ1) is 16.1. The largest absolute Gasteiger partial charge is 0.497 e. The van der Waals surface area contributed by atoms with Crippen LogP contribution in [-0.2, 0) is 6.54 Å². The molecule has 0 N–H and O–H groups in total. The van der Waals surface area contributed by atoms with Gasteiger partial charge in [0.2, 0.25) is 0 Å². The van der Waals surface area contributed by atoms with Gasteiger partial charge < -0.3 is 9.30 Å². The Kier molecular flexibility index (Phi) is 4.23. The normalized spacial score (nSPS) is 10.8. The number of benzene rings is 2. The van der Waals surface area contributed by atoms with Crippen molar-refractivity contribution in [1.29, 1.82) is 0 Å². The van der Waals surface area contributed by atoms with Gasteiger partial charge in [0.1, 0.15) is 5.75 Å². The molecule has 0 fully saturated rings. The van der Waals surface area contributed by atoms with Crippen LogP contribution in [0.25, 0.3) is 22.0 Å². The summed E-state index contributed by atoms with van der Waals surface area (Å²) in [6.07, 6.45) is 3.55. The fourth-order valence-electron chi connectivity index (χ4n) is 3.09. The molecular formula is C22H18N2O2. The molecule has 2 aromatic heterocycles. The summed E-state index contributed by atoms with van der Waals surface area (Å²) in [5.74, 6) is 0.805. The molecule has 0 aliphatic carbocycles. The van der Waals surface area contributed by atoms with Gasteiger partial charge in [-0.05, 0) is 58.5 Å². The van der Waals surface area contributed by atoms with E-state index in [1.807, 2.05) is 47.0 Å². The number of nitrogens with zero attached hydrogens (tertiary/aromatic N) is 2. The molecule has 4 aromatic rings. The highest BCUT2D eigenvalue weighted by molar-refractivity contribution is 5.84. The van der Waals surface area contributed by atoms with Crippen molar-refractivity contribution in [3.05, 3.63) is 95.0 Å². The van der Waals surface area contributed by atoms with Crippen molar-refractivity contribution in [2.45, 2.75) is 6.54 Å². The molecule has 0 bridgehead atoms. The molecule has 0 radical (unpaired) electrons. The first-order valence-corrected chi connectivity index (χ1v) is 8.41. The number of hydrogen-bond acceptors (Lipinski definition) is 3. The van der Waals surface area contributed by atoms with Crippen LogP contribution in [0.2, 0.25) is 0 Å². The van der Waals surface area contributed by atoms with E-state index in [0.717, 1.165) is 33.3 Å². The zero-order chi connectivity index (χ0) is 17.9. The minimum absolute atomic E-state index is 0.0137. The molecule has 26 heavy (non-hydrogen) atoms. The van der Waals surface area contributed by atoms with E-state index in [1.54, 1.807) is 25.6 Å². The Hall–Kier alpha value is -3.40. The van der Waals surface area contributed by atoms with E-state index in [4.69, 9.17) is 4.74 Å². The van der Waals surface area contributed by atoms with E-state index in [9.17, 15) is 4.79 Å². The molecule has 4 rings (SSSR count). The smallest absolute Gasteiger partial charge is 0.251 e. The summed E-state index contributed by atoms with van der Waals surface area (Å²) >= 11 is 0. The van der Waals surface area contributed by atoms with E-state index in [2.05, 4.69) is 23.2 Å². The Morgan fingerprint density at radius 2 is 1.62 bits per heavy atom. The van der Waals surface area contributed by atoms with Crippen LogP contribution in [0.4, 0.5) is 0 Å². The second-order valence-corrected chi connectivity index (χ2v) is 6.12. The van der Waals surface area contributed by atoms with E-state index in [-0.39, 0.29) is 5.56 Å². The van der Waals surface area contributed by atoms with Crippen LogP contribution in [0.3, 0.4) is 0 Å². The fraction of sp³-hybridized carbons (Fsp3) is 0.0909. The van der Waals surface area contributed by atoms with Crippen LogP contribution in [0.1, 0.15) is 5.56 Å². The van der Waals surface area contributed by atoms with Gasteiger partial charge in [-0.3, -0.25) is 9.78 Å². The number of aromatic nitrogens is 2. The molecule has 0 saturated carbocycles. The molecule has 4 heteroatoms. The Morgan fingerprint density at radius 1 is 0.885 bits per heavy atom. The molecular weight excluding hydrogens is 324 g/mol. The molecule has 0 unspecified atom stereocenters. The number of pyridine rings is 2. The topological polar surface area (TPSA) is 44.1 Å². The van der Waals surface area contributed by atoms with Crippen molar-refractivity contribution in [3.63, 3.8) is 0 Å². The average molecular weight is 342 g/mol. The Labute approximate surface area is 151 Å². The van der Waals surface area contributed by atoms with Gasteiger partial charge in [-0.1, -0.05) is 24.3 Å². The molecule has 4 nitrogen and oxygen atoms in total. The van der Waals surface area contributed by atoms with Gasteiger partial charge in [0, 0.05) is 18.5 Å². The maximum Gasteiger partial charge on any atom is 0.251 e. The molecule has 0 atom stereocenters. The van der Waals surface area contributed by atoms with Crippen molar-refractivity contribution in [3.8, 4) is 16.9 Å². The van der Waals surface area contributed by atoms with Gasteiger partial charge in [0.05, 0.1) is 19.2 Å². The standard InChI is InChI=1S/C22H18N2O2/c1-26-20-7-2-16(3-8-20)15-24-21-14-19(17-10-12-23-13-11-17)5-4-18(21)6-9-22(24)25/h2-14H,15H2,1H3. The third-order valence-electron chi connectivity index (χ3n) is 4.51. The monoisotopic (exact) mass is 342 g/mol. The second kappa shape index (κ2) is 6.84. The molecule has 2 heterocycles. The van der Waals surface area contributed by atoms with Crippen molar-refractivity contribution in [2.24, 2.45) is 0 Å². The Morgan fingerprint density at radius 3 is 2.35 bits per heavy atom. The van der Waals surface area contributed by atoms with E-state index >= 15 is 0 Å². The van der Waals surface area contributed by atoms with Gasteiger partial charge in [0.15, 0.2) is 0 Å². The zero-order valence-corrected chi connectivity index (χ0v) is 14.4. The fourth-order valence-corrected chi connectivity index (χ4v) is 3.09. The SMILES string of the molecule is COc1ccc(Cn2c(=O)ccc3ccc(-c4ccncc4)cc32)cc1. The van der Waals surface area contributed by atoms with Crippen molar-refractivity contribution in [2.75, 3.05) is 7.11 Å². The number of ether oxygens (including phenoxy) is 1. The summed E-state index contributed by atoms with van der Waals surface area (Å²) in [6, 6.07) is 21.4. The van der Waals surface area contributed by atoms with Crippen LogP contribution < -0.4 is 10.3 Å². The maximum absolute atomic E-state index is 12.5. The molecule has 0 spiro atoms. The van der Waals surface area contributed by atoms with Gasteiger partial charge in [0.25, 0.3) is 5.56 Å². The third kappa shape index (κ3) is 3.09. The van der Waals surface area contributed by atoms with Crippen LogP contribution in [-0.4, -0.2) is 16.7 Å². The third-order valence-corrected chi connectivity index (χ3v) is 4.51. The number of fused-ring (bicyclic) bond motifs is 1. The van der Waals surface area contributed by atoms with Crippen LogP contribution >= 0.6 is 0 Å². The predicted molar refractivity (Wildman–Crippen MR) is 104 cm³/mol. The molecule has 0 saturated heterocycles. The predicted octanol–water partition coefficient (Wildman–Crippen LogP) is 4.12. The number of methoxy groups -OCH3 is 1. The van der Waals surface area contributed by atoms with Crippen molar-refractivity contribution < 1.29 is 4.74 Å². The van der Waals surface area contributed by atoms with Gasteiger partial charge >= 0.3 is 0 Å². The first-order valence-electron chi connectivity index (χ1n) is 8.41. The number of hydrogen-bond donors (Lipinski definition) is 0. The van der Waals surface area contributed by atoms with Crippen LogP contribution in [0.5, 0.6) is 5.75 Å². The maximum atomic E-state index is 12.5. The van der Waals surface area contributed by atoms with Crippen LogP contribution in [0, 0.1) is 0 Å². The van der Waals surface area contributed by atoms with Crippen molar-refractivity contribution in [1.82, 2.24) is 9.55 Å². The van der Waals surface area contributed by atoms with Crippen LogP contribution in [0.15, 0.2) is 83.9 Å². The Bertz CT molecular complexity index is 1100. The van der Waals surface area contributed by atoms with Gasteiger partial charge in [-0.2, -0.15) is 0 Å². The Balaban J connectivity index is 1.81. The highest BCUT2D eigenvalue weighted by Crippen LogP contribution is 2.24. The summed E-state index contributed by atoms with van der Waals surface area (Å²) in [5, 5.41) is 1.04. The molecule has 0 aliphatic rings. The van der Waals surface area contributed by atoms with Gasteiger partial charge in [-0.15, -0.1) is 0 Å². The lowest BCUT2D eigenvalue weighted by Gasteiger charge is -2.12. The lowest BCUT2D eigenvalue weighted by atomic mass is 10.0. The summed E-state index contributed by atoms with van der Waals surface area (Å²) < 4.78 is 7.01. The summed E-state index contributed by atoms with van der Waals surface area (Å²) in [4.78, 5) is 16.6. The summed E-state index contributed by atoms with van der Waals surface area (Å²) in [5.41, 5.74) is 4.10. The van der Waals surface area contributed by atoms with E-state index in [1.165, 1.54) is 0 Å². The molecule has 2 aromatic carbocycles. The van der Waals surface area contributed by atoms with Gasteiger partial charge in [-0.25, -0.2) is 0 Å². The highest BCUT2D eigenvalue weighted by atomic mass is 16.5. The summed E-state index contributed by atoms with van der Waals surface area (Å²) in [6.45, 7) is 0.514. The summed E-state index contributed by atoms with van der Waals surface area (Å²) in [7, 11) is 1.64. The lowest BCUT2D eigenvalue weighted by molar-refractivity contribution is 0.414. The zero-order valence-electron chi connectivity index (χ0n) is 14.4. The highest BCUT2D eigenvalue weighted by Gasteiger charge is 2.07. The van der Waals surface area contributed by atoms with E-state index < -0.39 is 0 Å². The molecule has 0 amide bonds.